The van der Waals surface area contributed by atoms with Crippen LogP contribution in [-0.2, 0) is 12.8 Å². The van der Waals surface area contributed by atoms with Crippen LogP contribution >= 0.6 is 0 Å². The Morgan fingerprint density at radius 3 is 2.32 bits per heavy atom. The number of pyridine rings is 1. The zero-order chi connectivity index (χ0) is 20.1. The lowest BCUT2D eigenvalue weighted by atomic mass is 10.1. The maximum atomic E-state index is 13.1. The molecule has 0 bridgehead atoms. The Morgan fingerprint density at radius 1 is 1.04 bits per heavy atom. The Labute approximate surface area is 158 Å². The number of carboxylic acid groups (broad SMARTS) is 1. The van der Waals surface area contributed by atoms with Crippen molar-refractivity contribution in [2.24, 2.45) is 0 Å². The molecule has 3 rings (SSSR count). The van der Waals surface area contributed by atoms with Gasteiger partial charge in [0.1, 0.15) is 23.7 Å². The fourth-order valence-electron chi connectivity index (χ4n) is 2.52. The van der Waals surface area contributed by atoms with E-state index in [4.69, 9.17) is 4.74 Å². The molecule has 0 atom stereocenters. The summed E-state index contributed by atoms with van der Waals surface area (Å²) < 4.78 is 44.8. The smallest absolute Gasteiger partial charge is 0.417 e. The van der Waals surface area contributed by atoms with Crippen LogP contribution in [0.1, 0.15) is 21.5 Å². The zero-order valence-electron chi connectivity index (χ0n) is 14.4. The van der Waals surface area contributed by atoms with Crippen LogP contribution in [-0.4, -0.2) is 16.1 Å². The third kappa shape index (κ3) is 4.59. The molecule has 0 saturated carbocycles. The molecule has 0 radical (unpaired) electrons. The van der Waals surface area contributed by atoms with E-state index in [0.717, 1.165) is 11.8 Å². The van der Waals surface area contributed by atoms with Crippen molar-refractivity contribution in [1.82, 2.24) is 4.98 Å². The summed E-state index contributed by atoms with van der Waals surface area (Å²) in [7, 11) is 0. The van der Waals surface area contributed by atoms with E-state index in [9.17, 15) is 23.1 Å². The first-order valence-electron chi connectivity index (χ1n) is 8.18. The van der Waals surface area contributed by atoms with Gasteiger partial charge in [-0.15, -0.1) is 0 Å². The lowest BCUT2D eigenvalue weighted by molar-refractivity contribution is -0.138. The summed E-state index contributed by atoms with van der Waals surface area (Å²) in [5.74, 6) is -1.55. The Balaban J connectivity index is 1.76. The first-order chi connectivity index (χ1) is 13.3. The van der Waals surface area contributed by atoms with Crippen LogP contribution in [0.2, 0.25) is 0 Å². The summed E-state index contributed by atoms with van der Waals surface area (Å²) in [6, 6.07) is 16.5. The standard InChI is InChI=1S/C20H15F3N2O3/c21-20(22,23)16-10-11-24-18(17(16)19(26)27)25-14-6-8-15(9-7-14)28-12-13-4-2-1-3-5-13/h1-11H,12H2,(H,24,25)(H,26,27). The number of hydrogen-bond acceptors (Lipinski definition) is 4. The van der Waals surface area contributed by atoms with Gasteiger partial charge in [0, 0.05) is 11.9 Å². The fraction of sp³-hybridized carbons (Fsp3) is 0.100. The molecular weight excluding hydrogens is 373 g/mol. The molecule has 0 aliphatic rings. The molecule has 144 valence electrons. The highest BCUT2D eigenvalue weighted by molar-refractivity contribution is 5.95. The summed E-state index contributed by atoms with van der Waals surface area (Å²) >= 11 is 0. The number of alkyl halides is 3. The van der Waals surface area contributed by atoms with Crippen LogP contribution in [0.15, 0.2) is 66.9 Å². The van der Waals surface area contributed by atoms with Gasteiger partial charge in [-0.25, -0.2) is 9.78 Å². The monoisotopic (exact) mass is 388 g/mol. The summed E-state index contributed by atoms with van der Waals surface area (Å²) in [6.07, 6.45) is -3.89. The van der Waals surface area contributed by atoms with E-state index >= 15 is 0 Å². The summed E-state index contributed by atoms with van der Waals surface area (Å²) in [4.78, 5) is 15.1. The molecule has 1 aromatic heterocycles. The third-order valence-electron chi connectivity index (χ3n) is 3.84. The van der Waals surface area contributed by atoms with Crippen molar-refractivity contribution in [3.8, 4) is 5.75 Å². The SMILES string of the molecule is O=C(O)c1c(C(F)(F)F)ccnc1Nc1ccc(OCc2ccccc2)cc1. The van der Waals surface area contributed by atoms with Crippen LogP contribution in [0.5, 0.6) is 5.75 Å². The third-order valence-corrected chi connectivity index (χ3v) is 3.84. The molecule has 0 spiro atoms. The molecule has 8 heteroatoms. The number of ether oxygens (including phenoxy) is 1. The summed E-state index contributed by atoms with van der Waals surface area (Å²) in [5.41, 5.74) is -0.829. The molecule has 0 aliphatic carbocycles. The second kappa shape index (κ2) is 7.99. The van der Waals surface area contributed by atoms with Gasteiger partial charge in [-0.1, -0.05) is 30.3 Å². The van der Waals surface area contributed by atoms with Gasteiger partial charge in [0.15, 0.2) is 0 Å². The number of aromatic carboxylic acids is 1. The predicted octanol–water partition coefficient (Wildman–Crippen LogP) is 5.12. The fourth-order valence-corrected chi connectivity index (χ4v) is 2.52. The lowest BCUT2D eigenvalue weighted by Gasteiger charge is -2.14. The Hall–Kier alpha value is -3.55. The number of rotatable bonds is 6. The highest BCUT2D eigenvalue weighted by Crippen LogP contribution is 2.35. The van der Waals surface area contributed by atoms with E-state index in [1.807, 2.05) is 30.3 Å². The molecule has 1 heterocycles. The largest absolute Gasteiger partial charge is 0.489 e. The van der Waals surface area contributed by atoms with Gasteiger partial charge >= 0.3 is 12.1 Å². The first kappa shape index (κ1) is 19.2. The maximum absolute atomic E-state index is 13.1. The van der Waals surface area contributed by atoms with Crippen LogP contribution < -0.4 is 10.1 Å². The highest BCUT2D eigenvalue weighted by Gasteiger charge is 2.37. The second-order valence-corrected chi connectivity index (χ2v) is 5.81. The maximum Gasteiger partial charge on any atom is 0.417 e. The van der Waals surface area contributed by atoms with Crippen molar-refractivity contribution in [2.75, 3.05) is 5.32 Å². The van der Waals surface area contributed by atoms with Crippen molar-refractivity contribution >= 4 is 17.5 Å². The van der Waals surface area contributed by atoms with E-state index in [1.54, 1.807) is 24.3 Å². The predicted molar refractivity (Wildman–Crippen MR) is 96.7 cm³/mol. The van der Waals surface area contributed by atoms with Gasteiger partial charge in [0.05, 0.1) is 5.56 Å². The van der Waals surface area contributed by atoms with E-state index in [2.05, 4.69) is 10.3 Å². The van der Waals surface area contributed by atoms with Gasteiger partial charge in [-0.2, -0.15) is 13.2 Å². The minimum atomic E-state index is -4.80. The average Bonchev–Trinajstić information content (AvgIpc) is 2.67. The number of nitrogens with zero attached hydrogens (tertiary/aromatic N) is 1. The van der Waals surface area contributed by atoms with Gasteiger partial charge in [0.2, 0.25) is 0 Å². The van der Waals surface area contributed by atoms with Crippen molar-refractivity contribution in [3.63, 3.8) is 0 Å². The van der Waals surface area contributed by atoms with Gasteiger partial charge < -0.3 is 15.2 Å². The van der Waals surface area contributed by atoms with E-state index < -0.39 is 23.3 Å². The normalized spacial score (nSPS) is 11.1. The van der Waals surface area contributed by atoms with E-state index in [1.165, 1.54) is 0 Å². The summed E-state index contributed by atoms with van der Waals surface area (Å²) in [5, 5.41) is 11.8. The van der Waals surface area contributed by atoms with Crippen molar-refractivity contribution in [3.05, 3.63) is 83.6 Å². The highest BCUT2D eigenvalue weighted by atomic mass is 19.4. The van der Waals surface area contributed by atoms with Crippen molar-refractivity contribution < 1.29 is 27.8 Å². The van der Waals surface area contributed by atoms with Crippen molar-refractivity contribution in [2.45, 2.75) is 12.8 Å². The number of carbonyl (C=O) groups is 1. The average molecular weight is 388 g/mol. The molecule has 5 nitrogen and oxygen atoms in total. The molecule has 2 N–H and O–H groups in total. The van der Waals surface area contributed by atoms with Crippen LogP contribution in [0, 0.1) is 0 Å². The van der Waals surface area contributed by atoms with E-state index in [0.29, 0.717) is 24.1 Å². The van der Waals surface area contributed by atoms with Crippen LogP contribution in [0.4, 0.5) is 24.7 Å². The number of halogens is 3. The Morgan fingerprint density at radius 2 is 1.71 bits per heavy atom. The molecule has 28 heavy (non-hydrogen) atoms. The lowest BCUT2D eigenvalue weighted by Crippen LogP contribution is -2.16. The van der Waals surface area contributed by atoms with Crippen molar-refractivity contribution in [1.29, 1.82) is 0 Å². The molecule has 2 aromatic carbocycles. The molecule has 0 saturated heterocycles. The number of aromatic nitrogens is 1. The molecule has 0 unspecified atom stereocenters. The second-order valence-electron chi connectivity index (χ2n) is 5.81. The molecule has 0 aliphatic heterocycles. The summed E-state index contributed by atoms with van der Waals surface area (Å²) in [6.45, 7) is 0.367. The van der Waals surface area contributed by atoms with Gasteiger partial charge in [0.25, 0.3) is 0 Å². The number of anilines is 2. The number of benzene rings is 2. The molecule has 0 amide bonds. The minimum absolute atomic E-state index is 0.367. The Bertz CT molecular complexity index is 959. The quantitative estimate of drug-likeness (QED) is 0.613. The van der Waals surface area contributed by atoms with Gasteiger partial charge in [-0.3, -0.25) is 0 Å². The van der Waals surface area contributed by atoms with Gasteiger partial charge in [-0.05, 0) is 35.9 Å². The molecule has 3 aromatic rings. The zero-order valence-corrected chi connectivity index (χ0v) is 14.4. The van der Waals surface area contributed by atoms with Crippen LogP contribution in [0.3, 0.4) is 0 Å². The number of carboxylic acids is 1. The first-order valence-corrected chi connectivity index (χ1v) is 8.18. The molecule has 0 fully saturated rings. The van der Waals surface area contributed by atoms with E-state index in [-0.39, 0.29) is 5.82 Å². The number of nitrogens with one attached hydrogen (secondary N) is 1. The topological polar surface area (TPSA) is 71.5 Å². The minimum Gasteiger partial charge on any atom is -0.489 e. The Kier molecular flexibility index (Phi) is 5.49. The van der Waals surface area contributed by atoms with Crippen LogP contribution in [0.25, 0.3) is 0 Å². The number of hydrogen-bond donors (Lipinski definition) is 2. The molecular formula is C20H15F3N2O3.